The number of halogens is 2. The van der Waals surface area contributed by atoms with Gasteiger partial charge >= 0.3 is 0 Å². The lowest BCUT2D eigenvalue weighted by molar-refractivity contribution is -0.0508. The molecule has 0 radical (unpaired) electrons. The lowest BCUT2D eigenvalue weighted by atomic mass is 10.1. The summed E-state index contributed by atoms with van der Waals surface area (Å²) in [6.07, 6.45) is 2.60. The summed E-state index contributed by atoms with van der Waals surface area (Å²) >= 11 is 3.38. The maximum Gasteiger partial charge on any atom is 0.129 e. The Balaban J connectivity index is 1.79. The lowest BCUT2D eigenvalue weighted by Crippen LogP contribution is -2.41. The fraction of sp³-hybridized carbons (Fsp3) is 0.538. The first-order valence-electron chi connectivity index (χ1n) is 6.05. The first-order chi connectivity index (χ1) is 8.24. The summed E-state index contributed by atoms with van der Waals surface area (Å²) in [6.45, 7) is 1.59. The van der Waals surface area contributed by atoms with Crippen LogP contribution in [0.3, 0.4) is 0 Å². The molecule has 3 rings (SSSR count). The van der Waals surface area contributed by atoms with Crippen molar-refractivity contribution in [3.8, 4) is 0 Å². The first-order valence-corrected chi connectivity index (χ1v) is 6.84. The lowest BCUT2D eigenvalue weighted by Gasteiger charge is -2.31. The van der Waals surface area contributed by atoms with E-state index in [-0.39, 0.29) is 18.0 Å². The Kier molecular flexibility index (Phi) is 3.19. The van der Waals surface area contributed by atoms with E-state index in [0.717, 1.165) is 11.0 Å². The molecule has 4 heteroatoms. The summed E-state index contributed by atoms with van der Waals surface area (Å²) < 4.78 is 20.7. The first kappa shape index (κ1) is 11.6. The van der Waals surface area contributed by atoms with E-state index in [1.54, 1.807) is 6.07 Å². The van der Waals surface area contributed by atoms with E-state index in [2.05, 4.69) is 21.2 Å². The van der Waals surface area contributed by atoms with Crippen molar-refractivity contribution in [2.75, 3.05) is 13.1 Å². The van der Waals surface area contributed by atoms with Crippen LogP contribution in [0.2, 0.25) is 0 Å². The third-order valence-corrected chi connectivity index (χ3v) is 3.96. The van der Waals surface area contributed by atoms with Gasteiger partial charge in [0.25, 0.3) is 0 Å². The number of hydrogen-bond acceptors (Lipinski definition) is 2. The minimum atomic E-state index is -0.184. The standard InChI is InChI=1S/C13H15BrFNO/c14-9-3-4-11(15)10(5-9)13-7-16-6-12(17-13)8-1-2-8/h3-5,8,12-13,16H,1-2,6-7H2. The van der Waals surface area contributed by atoms with Gasteiger partial charge in [-0.25, -0.2) is 4.39 Å². The van der Waals surface area contributed by atoms with E-state index >= 15 is 0 Å². The maximum atomic E-state index is 13.8. The van der Waals surface area contributed by atoms with Gasteiger partial charge in [0, 0.05) is 23.1 Å². The quantitative estimate of drug-likeness (QED) is 0.906. The van der Waals surface area contributed by atoms with Crippen LogP contribution < -0.4 is 5.32 Å². The summed E-state index contributed by atoms with van der Waals surface area (Å²) in [4.78, 5) is 0. The van der Waals surface area contributed by atoms with E-state index in [1.165, 1.54) is 18.9 Å². The van der Waals surface area contributed by atoms with Crippen LogP contribution in [0.15, 0.2) is 22.7 Å². The molecule has 17 heavy (non-hydrogen) atoms. The molecule has 2 fully saturated rings. The van der Waals surface area contributed by atoms with Crippen LogP contribution >= 0.6 is 15.9 Å². The highest BCUT2D eigenvalue weighted by Crippen LogP contribution is 2.38. The van der Waals surface area contributed by atoms with E-state index in [9.17, 15) is 4.39 Å². The van der Waals surface area contributed by atoms with Gasteiger partial charge in [0.1, 0.15) is 5.82 Å². The maximum absolute atomic E-state index is 13.8. The average Bonchev–Trinajstić information content (AvgIpc) is 3.17. The van der Waals surface area contributed by atoms with Crippen LogP contribution in [0.4, 0.5) is 4.39 Å². The molecule has 1 aromatic rings. The largest absolute Gasteiger partial charge is 0.367 e. The van der Waals surface area contributed by atoms with E-state index in [1.807, 2.05) is 6.07 Å². The molecule has 2 atom stereocenters. The third-order valence-electron chi connectivity index (χ3n) is 3.47. The zero-order valence-electron chi connectivity index (χ0n) is 9.46. The third kappa shape index (κ3) is 2.54. The zero-order valence-corrected chi connectivity index (χ0v) is 11.0. The molecular formula is C13H15BrFNO. The summed E-state index contributed by atoms with van der Waals surface area (Å²) in [7, 11) is 0. The van der Waals surface area contributed by atoms with E-state index in [4.69, 9.17) is 4.74 Å². The highest BCUT2D eigenvalue weighted by Gasteiger charge is 2.36. The monoisotopic (exact) mass is 299 g/mol. The molecule has 2 unspecified atom stereocenters. The molecule has 1 saturated heterocycles. The molecule has 1 N–H and O–H groups in total. The number of hydrogen-bond donors (Lipinski definition) is 1. The van der Waals surface area contributed by atoms with Gasteiger partial charge in [-0.15, -0.1) is 0 Å². The fourth-order valence-corrected chi connectivity index (χ4v) is 2.73. The number of nitrogens with one attached hydrogen (secondary N) is 1. The fourth-order valence-electron chi connectivity index (χ4n) is 2.35. The van der Waals surface area contributed by atoms with Gasteiger partial charge < -0.3 is 10.1 Å². The second-order valence-corrected chi connectivity index (χ2v) is 5.74. The Morgan fingerprint density at radius 1 is 1.29 bits per heavy atom. The van der Waals surface area contributed by atoms with Gasteiger partial charge in [0.05, 0.1) is 12.2 Å². The second kappa shape index (κ2) is 4.67. The normalized spacial score (nSPS) is 29.3. The molecule has 1 aliphatic heterocycles. The second-order valence-electron chi connectivity index (χ2n) is 4.82. The van der Waals surface area contributed by atoms with Crippen LogP contribution in [0, 0.1) is 11.7 Å². The molecule has 1 aromatic carbocycles. The highest BCUT2D eigenvalue weighted by atomic mass is 79.9. The van der Waals surface area contributed by atoms with E-state index < -0.39 is 0 Å². The van der Waals surface area contributed by atoms with Crippen molar-refractivity contribution < 1.29 is 9.13 Å². The Morgan fingerprint density at radius 2 is 2.12 bits per heavy atom. The van der Waals surface area contributed by atoms with Gasteiger partial charge in [-0.2, -0.15) is 0 Å². The number of morpholine rings is 1. The van der Waals surface area contributed by atoms with Gasteiger partial charge in [0.15, 0.2) is 0 Å². The Bertz CT molecular complexity index is 422. The SMILES string of the molecule is Fc1ccc(Br)cc1C1CNCC(C2CC2)O1. The topological polar surface area (TPSA) is 21.3 Å². The molecule has 1 aliphatic carbocycles. The van der Waals surface area contributed by atoms with Gasteiger partial charge in [-0.1, -0.05) is 15.9 Å². The van der Waals surface area contributed by atoms with Crippen molar-refractivity contribution in [3.63, 3.8) is 0 Å². The summed E-state index contributed by atoms with van der Waals surface area (Å²) in [5, 5.41) is 3.34. The number of rotatable bonds is 2. The van der Waals surface area contributed by atoms with Crippen LogP contribution in [-0.2, 0) is 4.74 Å². The van der Waals surface area contributed by atoms with Crippen molar-refractivity contribution in [2.24, 2.45) is 5.92 Å². The minimum Gasteiger partial charge on any atom is -0.367 e. The zero-order chi connectivity index (χ0) is 11.8. The van der Waals surface area contributed by atoms with Crippen molar-refractivity contribution in [2.45, 2.75) is 25.0 Å². The summed E-state index contributed by atoms with van der Waals surface area (Å²) in [5.74, 6) is 0.497. The molecule has 0 amide bonds. The van der Waals surface area contributed by atoms with Crippen LogP contribution in [0.25, 0.3) is 0 Å². The van der Waals surface area contributed by atoms with Gasteiger partial charge in [-0.3, -0.25) is 0 Å². The molecule has 0 bridgehead atoms. The molecule has 0 spiro atoms. The van der Waals surface area contributed by atoms with E-state index in [0.29, 0.717) is 18.0 Å². The Morgan fingerprint density at radius 3 is 2.88 bits per heavy atom. The molecular weight excluding hydrogens is 285 g/mol. The molecule has 92 valence electrons. The molecule has 2 aliphatic rings. The Labute approximate surface area is 109 Å². The number of ether oxygens (including phenoxy) is 1. The molecule has 2 nitrogen and oxygen atoms in total. The smallest absolute Gasteiger partial charge is 0.129 e. The summed E-state index contributed by atoms with van der Waals surface area (Å²) in [5.41, 5.74) is 0.650. The predicted molar refractivity (Wildman–Crippen MR) is 67.3 cm³/mol. The van der Waals surface area contributed by atoms with Crippen molar-refractivity contribution in [1.82, 2.24) is 5.32 Å². The predicted octanol–water partition coefficient (Wildman–Crippen LogP) is 3.03. The van der Waals surface area contributed by atoms with Gasteiger partial charge in [-0.05, 0) is 37.0 Å². The van der Waals surface area contributed by atoms with Crippen molar-refractivity contribution in [3.05, 3.63) is 34.1 Å². The molecule has 0 aromatic heterocycles. The van der Waals surface area contributed by atoms with Crippen LogP contribution in [-0.4, -0.2) is 19.2 Å². The van der Waals surface area contributed by atoms with Gasteiger partial charge in [0.2, 0.25) is 0 Å². The van der Waals surface area contributed by atoms with Crippen molar-refractivity contribution >= 4 is 15.9 Å². The minimum absolute atomic E-state index is 0.160. The Hall–Kier alpha value is -0.450. The van der Waals surface area contributed by atoms with Crippen molar-refractivity contribution in [1.29, 1.82) is 0 Å². The summed E-state index contributed by atoms with van der Waals surface area (Å²) in [6, 6.07) is 5.02. The number of benzene rings is 1. The molecule has 1 heterocycles. The molecule has 1 saturated carbocycles. The average molecular weight is 300 g/mol. The highest BCUT2D eigenvalue weighted by molar-refractivity contribution is 9.10. The van der Waals surface area contributed by atoms with Crippen LogP contribution in [0.5, 0.6) is 0 Å². The van der Waals surface area contributed by atoms with Crippen LogP contribution in [0.1, 0.15) is 24.5 Å².